The second-order valence-corrected chi connectivity index (χ2v) is 15.1. The molecule has 0 radical (unpaired) electrons. The van der Waals surface area contributed by atoms with Crippen molar-refractivity contribution >= 4 is 23.6 Å². The van der Waals surface area contributed by atoms with Crippen molar-refractivity contribution in [2.24, 2.45) is 0 Å². The van der Waals surface area contributed by atoms with Crippen LogP contribution in [0.4, 0.5) is 0 Å². The molecule has 0 aliphatic carbocycles. The van der Waals surface area contributed by atoms with Crippen LogP contribution < -0.4 is 10.6 Å². The molecule has 1 unspecified atom stereocenters. The summed E-state index contributed by atoms with van der Waals surface area (Å²) in [4.78, 5) is 55.4. The lowest BCUT2D eigenvalue weighted by atomic mass is 10.1. The standard InChI is InChI=1S/C44H86N4O7/c1-6-10-14-18-22-26-32-47(33-27-23-19-15-11-7-2)41(50)39-55-38-40(49)45-30-36-54-37-31-46-43(51)42(53-5)44(52)48(34-28-24-20-16-12-8-3)35-29-25-21-17-13-9-4/h42H,6-39H2,1-5H3,(H,45,49)(H,46,51). The van der Waals surface area contributed by atoms with Crippen LogP contribution in [0.15, 0.2) is 0 Å². The first-order valence-corrected chi connectivity index (χ1v) is 22.6. The number of carbonyl (C=O) groups is 4. The average Bonchev–Trinajstić information content (AvgIpc) is 3.18. The predicted molar refractivity (Wildman–Crippen MR) is 225 cm³/mol. The maximum absolute atomic E-state index is 13.4. The lowest BCUT2D eigenvalue weighted by Crippen LogP contribution is -2.49. The van der Waals surface area contributed by atoms with Crippen LogP contribution in [0.1, 0.15) is 182 Å². The van der Waals surface area contributed by atoms with Crippen molar-refractivity contribution < 1.29 is 33.4 Å². The van der Waals surface area contributed by atoms with E-state index in [1.54, 1.807) is 0 Å². The Labute approximate surface area is 337 Å². The van der Waals surface area contributed by atoms with Crippen molar-refractivity contribution in [3.05, 3.63) is 0 Å². The lowest BCUT2D eigenvalue weighted by Gasteiger charge is -2.26. The fraction of sp³-hybridized carbons (Fsp3) is 0.909. The highest BCUT2D eigenvalue weighted by Gasteiger charge is 2.30. The quantitative estimate of drug-likeness (QED) is 0.0472. The molecule has 0 saturated heterocycles. The van der Waals surface area contributed by atoms with Gasteiger partial charge in [-0.1, -0.05) is 156 Å². The number of amides is 4. The molecule has 0 aromatic rings. The van der Waals surface area contributed by atoms with Crippen molar-refractivity contribution in [1.29, 1.82) is 0 Å². The van der Waals surface area contributed by atoms with Gasteiger partial charge in [-0.3, -0.25) is 19.2 Å². The predicted octanol–water partition coefficient (Wildman–Crippen LogP) is 8.37. The van der Waals surface area contributed by atoms with Crippen LogP contribution in [0.3, 0.4) is 0 Å². The Morgan fingerprint density at radius 3 is 1.27 bits per heavy atom. The van der Waals surface area contributed by atoms with Gasteiger partial charge in [0.15, 0.2) is 0 Å². The van der Waals surface area contributed by atoms with Gasteiger partial charge < -0.3 is 34.6 Å². The summed E-state index contributed by atoms with van der Waals surface area (Å²) < 4.78 is 16.5. The Morgan fingerprint density at radius 1 is 0.473 bits per heavy atom. The zero-order valence-electron chi connectivity index (χ0n) is 36.4. The molecule has 0 aliphatic heterocycles. The molecular weight excluding hydrogens is 697 g/mol. The molecule has 0 aromatic carbocycles. The average molecular weight is 783 g/mol. The number of hydrogen-bond donors (Lipinski definition) is 2. The molecule has 0 heterocycles. The van der Waals surface area contributed by atoms with Gasteiger partial charge in [-0.15, -0.1) is 0 Å². The van der Waals surface area contributed by atoms with Crippen LogP contribution >= 0.6 is 0 Å². The first kappa shape index (κ1) is 52.8. The third kappa shape index (κ3) is 31.5. The number of methoxy groups -OCH3 is 1. The smallest absolute Gasteiger partial charge is 0.261 e. The summed E-state index contributed by atoms with van der Waals surface area (Å²) in [6.07, 6.45) is 26.6. The normalized spacial score (nSPS) is 11.7. The molecule has 55 heavy (non-hydrogen) atoms. The molecule has 2 N–H and O–H groups in total. The van der Waals surface area contributed by atoms with E-state index >= 15 is 0 Å². The second kappa shape index (κ2) is 40.0. The molecular formula is C44H86N4O7. The number of nitrogens with one attached hydrogen (secondary N) is 2. The Balaban J connectivity index is 4.50. The number of unbranched alkanes of at least 4 members (excludes halogenated alkanes) is 20. The highest BCUT2D eigenvalue weighted by Crippen LogP contribution is 2.12. The van der Waals surface area contributed by atoms with Crippen molar-refractivity contribution in [1.82, 2.24) is 20.4 Å². The minimum atomic E-state index is -1.19. The van der Waals surface area contributed by atoms with Crippen LogP contribution in [0.2, 0.25) is 0 Å². The number of rotatable bonds is 41. The van der Waals surface area contributed by atoms with Crippen LogP contribution in [0, 0.1) is 0 Å². The van der Waals surface area contributed by atoms with E-state index in [0.29, 0.717) is 13.1 Å². The highest BCUT2D eigenvalue weighted by atomic mass is 16.5. The Hall–Kier alpha value is -2.24. The summed E-state index contributed by atoms with van der Waals surface area (Å²) in [5.41, 5.74) is 0. The topological polar surface area (TPSA) is 127 Å². The van der Waals surface area contributed by atoms with E-state index in [0.717, 1.165) is 77.3 Å². The molecule has 0 spiro atoms. The first-order valence-electron chi connectivity index (χ1n) is 22.6. The SMILES string of the molecule is CCCCCCCCN(CCCCCCCC)C(=O)COCC(=O)NCCOCCNC(=O)C(OC)C(=O)N(CCCCCCCC)CCCCCCCC. The molecule has 0 saturated carbocycles. The summed E-state index contributed by atoms with van der Waals surface area (Å²) in [5, 5.41) is 5.51. The van der Waals surface area contributed by atoms with Crippen LogP contribution in [-0.4, -0.2) is 112 Å². The summed E-state index contributed by atoms with van der Waals surface area (Å²) in [6.45, 7) is 12.3. The summed E-state index contributed by atoms with van der Waals surface area (Å²) in [5.74, 6) is -1.11. The van der Waals surface area contributed by atoms with Gasteiger partial charge in [-0.05, 0) is 25.7 Å². The minimum Gasteiger partial charge on any atom is -0.378 e. The van der Waals surface area contributed by atoms with Crippen molar-refractivity contribution in [2.45, 2.75) is 188 Å². The number of ether oxygens (including phenoxy) is 3. The third-order valence-electron chi connectivity index (χ3n) is 10.1. The van der Waals surface area contributed by atoms with Crippen LogP contribution in [0.5, 0.6) is 0 Å². The molecule has 1 atom stereocenters. The molecule has 11 nitrogen and oxygen atoms in total. The van der Waals surface area contributed by atoms with Gasteiger partial charge in [0.25, 0.3) is 11.8 Å². The van der Waals surface area contributed by atoms with E-state index in [9.17, 15) is 19.2 Å². The molecule has 0 aliphatic rings. The van der Waals surface area contributed by atoms with E-state index in [2.05, 4.69) is 38.3 Å². The van der Waals surface area contributed by atoms with Gasteiger partial charge in [-0.25, -0.2) is 0 Å². The second-order valence-electron chi connectivity index (χ2n) is 15.1. The molecule has 324 valence electrons. The third-order valence-corrected chi connectivity index (χ3v) is 10.1. The molecule has 0 rings (SSSR count). The molecule has 11 heteroatoms. The first-order chi connectivity index (χ1) is 26.9. The fourth-order valence-electron chi connectivity index (χ4n) is 6.59. The van der Waals surface area contributed by atoms with Crippen molar-refractivity contribution in [2.75, 3.05) is 72.8 Å². The van der Waals surface area contributed by atoms with Gasteiger partial charge >= 0.3 is 0 Å². The van der Waals surface area contributed by atoms with Gasteiger partial charge in [0.1, 0.15) is 13.2 Å². The van der Waals surface area contributed by atoms with Gasteiger partial charge in [0.05, 0.1) is 13.2 Å². The fourth-order valence-corrected chi connectivity index (χ4v) is 6.59. The maximum atomic E-state index is 13.4. The van der Waals surface area contributed by atoms with E-state index in [1.807, 2.05) is 9.80 Å². The number of nitrogens with zero attached hydrogens (tertiary/aromatic N) is 2. The number of carbonyl (C=O) groups excluding carboxylic acids is 4. The summed E-state index contributed by atoms with van der Waals surface area (Å²) >= 11 is 0. The lowest BCUT2D eigenvalue weighted by molar-refractivity contribution is -0.150. The van der Waals surface area contributed by atoms with E-state index in [4.69, 9.17) is 14.2 Å². The summed E-state index contributed by atoms with van der Waals surface area (Å²) in [7, 11) is 1.40. The highest BCUT2D eigenvalue weighted by molar-refractivity contribution is 6.03. The molecule has 0 fully saturated rings. The monoisotopic (exact) mass is 783 g/mol. The minimum absolute atomic E-state index is 0.0546. The van der Waals surface area contributed by atoms with Crippen LogP contribution in [0.25, 0.3) is 0 Å². The van der Waals surface area contributed by atoms with Crippen molar-refractivity contribution in [3.63, 3.8) is 0 Å². The van der Waals surface area contributed by atoms with Gasteiger partial charge in [0, 0.05) is 46.4 Å². The molecule has 4 amide bonds. The van der Waals surface area contributed by atoms with Crippen LogP contribution in [-0.2, 0) is 33.4 Å². The Bertz CT molecular complexity index is 891. The number of hydrogen-bond acceptors (Lipinski definition) is 7. The zero-order chi connectivity index (χ0) is 40.6. The van der Waals surface area contributed by atoms with E-state index < -0.39 is 12.0 Å². The maximum Gasteiger partial charge on any atom is 0.261 e. The molecule has 0 bridgehead atoms. The largest absolute Gasteiger partial charge is 0.378 e. The van der Waals surface area contributed by atoms with E-state index in [-0.39, 0.29) is 57.2 Å². The van der Waals surface area contributed by atoms with Crippen molar-refractivity contribution in [3.8, 4) is 0 Å². The van der Waals surface area contributed by atoms with E-state index in [1.165, 1.54) is 97.0 Å². The Kier molecular flexibility index (Phi) is 38.3. The van der Waals surface area contributed by atoms with Gasteiger partial charge in [-0.2, -0.15) is 0 Å². The Morgan fingerprint density at radius 2 is 0.855 bits per heavy atom. The molecule has 0 aromatic heterocycles. The summed E-state index contributed by atoms with van der Waals surface area (Å²) in [6, 6.07) is 0. The zero-order valence-corrected chi connectivity index (χ0v) is 36.4. The van der Waals surface area contributed by atoms with Gasteiger partial charge in [0.2, 0.25) is 17.9 Å².